The number of anilines is 4. The maximum atomic E-state index is 13.0. The number of carbonyl (C=O) groups excluding carboxylic acids is 1. The molecule has 0 aliphatic heterocycles. The quantitative estimate of drug-likeness (QED) is 0.244. The normalized spacial score (nSPS) is 11.5. The number of hydrogen-bond acceptors (Lipinski definition) is 6. The first kappa shape index (κ1) is 24.8. The third kappa shape index (κ3) is 5.41. The minimum Gasteiger partial charge on any atom is -0.399 e. The number of nitrogens with one attached hydrogen (secondary N) is 2. The Morgan fingerprint density at radius 3 is 2.34 bits per heavy atom. The number of amides is 1. The van der Waals surface area contributed by atoms with Gasteiger partial charge in [0.15, 0.2) is 22.8 Å². The number of halogens is 3. The van der Waals surface area contributed by atoms with E-state index in [1.54, 1.807) is 53.4 Å². The van der Waals surface area contributed by atoms with Crippen molar-refractivity contribution >= 4 is 40.0 Å². The minimum atomic E-state index is -4.40. The summed E-state index contributed by atoms with van der Waals surface area (Å²) in [4.78, 5) is 25.2. The molecular weight excluding hydrogens is 495 g/mol. The Hall–Kier alpha value is -4.93. The van der Waals surface area contributed by atoms with Crippen molar-refractivity contribution in [1.29, 1.82) is 0 Å². The number of benzene rings is 3. The van der Waals surface area contributed by atoms with Crippen LogP contribution in [0.15, 0.2) is 79.1 Å². The number of nitrogens with two attached hydrogens (primary N) is 1. The highest BCUT2D eigenvalue weighted by Crippen LogP contribution is 2.30. The number of alkyl halides is 3. The van der Waals surface area contributed by atoms with Crippen LogP contribution < -0.4 is 16.4 Å². The van der Waals surface area contributed by atoms with E-state index in [-0.39, 0.29) is 12.5 Å². The van der Waals surface area contributed by atoms with E-state index in [9.17, 15) is 18.0 Å². The highest BCUT2D eigenvalue weighted by Gasteiger charge is 2.30. The zero-order chi connectivity index (χ0) is 26.9. The van der Waals surface area contributed by atoms with E-state index >= 15 is 0 Å². The molecule has 0 saturated carbocycles. The Labute approximate surface area is 215 Å². The molecule has 8 nitrogen and oxygen atoms in total. The minimum absolute atomic E-state index is 0.173. The van der Waals surface area contributed by atoms with Gasteiger partial charge in [-0.2, -0.15) is 13.2 Å². The maximum Gasteiger partial charge on any atom is 0.416 e. The van der Waals surface area contributed by atoms with Crippen LogP contribution in [0.1, 0.15) is 18.1 Å². The number of nitrogen functional groups attached to an aromatic ring is 1. The largest absolute Gasteiger partial charge is 0.416 e. The summed E-state index contributed by atoms with van der Waals surface area (Å²) in [6.07, 6.45) is -2.83. The van der Waals surface area contributed by atoms with Crippen molar-refractivity contribution in [3.8, 4) is 11.4 Å². The number of carbonyl (C=O) groups is 1. The van der Waals surface area contributed by atoms with E-state index in [2.05, 4.69) is 20.6 Å². The summed E-state index contributed by atoms with van der Waals surface area (Å²) in [6, 6.07) is 19.2. The molecule has 0 fully saturated rings. The smallest absolute Gasteiger partial charge is 0.399 e. The van der Waals surface area contributed by atoms with Crippen molar-refractivity contribution in [3.63, 3.8) is 0 Å². The fraction of sp³-hybridized carbons (Fsp3) is 0.111. The van der Waals surface area contributed by atoms with Crippen molar-refractivity contribution in [2.75, 3.05) is 16.4 Å². The van der Waals surface area contributed by atoms with Crippen LogP contribution in [-0.4, -0.2) is 25.4 Å². The average Bonchev–Trinajstić information content (AvgIpc) is 3.27. The van der Waals surface area contributed by atoms with Crippen LogP contribution >= 0.6 is 0 Å². The highest BCUT2D eigenvalue weighted by molar-refractivity contribution is 5.90. The van der Waals surface area contributed by atoms with Gasteiger partial charge in [0.1, 0.15) is 0 Å². The SMILES string of the molecule is CC(=O)Nc1ccc(Nc2nc(-c3cccc(N)c3)nc3c2ncn3Cc2ccc(C(F)(F)F)cc2)cc1. The molecule has 0 atom stereocenters. The second-order valence-corrected chi connectivity index (χ2v) is 8.64. The van der Waals surface area contributed by atoms with Crippen LogP contribution in [0.4, 0.5) is 36.1 Å². The summed E-state index contributed by atoms with van der Waals surface area (Å²) < 4.78 is 40.7. The van der Waals surface area contributed by atoms with Gasteiger partial charge in [-0.05, 0) is 54.1 Å². The molecule has 4 N–H and O–H groups in total. The lowest BCUT2D eigenvalue weighted by molar-refractivity contribution is -0.137. The first-order valence-electron chi connectivity index (χ1n) is 11.6. The summed E-state index contributed by atoms with van der Waals surface area (Å²) >= 11 is 0. The van der Waals surface area contributed by atoms with Crippen LogP contribution in [0, 0.1) is 0 Å². The monoisotopic (exact) mass is 517 g/mol. The van der Waals surface area contributed by atoms with E-state index in [0.29, 0.717) is 51.0 Å². The first-order valence-corrected chi connectivity index (χ1v) is 11.6. The van der Waals surface area contributed by atoms with Gasteiger partial charge in [-0.15, -0.1) is 0 Å². The zero-order valence-electron chi connectivity index (χ0n) is 20.1. The molecule has 2 aromatic heterocycles. The van der Waals surface area contributed by atoms with Crippen molar-refractivity contribution in [2.24, 2.45) is 0 Å². The molecule has 0 unspecified atom stereocenters. The lowest BCUT2D eigenvalue weighted by Crippen LogP contribution is -2.06. The standard InChI is InChI=1S/C27H22F3N7O/c1-16(38)33-21-9-11-22(12-10-21)34-25-23-26(36-24(35-25)18-3-2-4-20(31)13-18)37(15-32-23)14-17-5-7-19(8-6-17)27(28,29)30/h2-13,15H,14,31H2,1H3,(H,33,38)(H,34,35,36). The molecule has 0 aliphatic rings. The van der Waals surface area contributed by atoms with Crippen LogP contribution in [0.3, 0.4) is 0 Å². The predicted octanol–water partition coefficient (Wildman–Crippen LogP) is 5.84. The van der Waals surface area contributed by atoms with Gasteiger partial charge in [-0.3, -0.25) is 4.79 Å². The average molecular weight is 518 g/mol. The fourth-order valence-electron chi connectivity index (χ4n) is 3.93. The summed E-state index contributed by atoms with van der Waals surface area (Å²) in [5.74, 6) is 0.663. The molecule has 0 bridgehead atoms. The van der Waals surface area contributed by atoms with Gasteiger partial charge in [-0.25, -0.2) is 15.0 Å². The molecule has 2 heterocycles. The van der Waals surface area contributed by atoms with Crippen LogP contribution in [0.5, 0.6) is 0 Å². The lowest BCUT2D eigenvalue weighted by atomic mass is 10.1. The number of imidazole rings is 1. The second kappa shape index (κ2) is 9.85. The van der Waals surface area contributed by atoms with E-state index < -0.39 is 11.7 Å². The van der Waals surface area contributed by atoms with Crippen molar-refractivity contribution in [1.82, 2.24) is 19.5 Å². The van der Waals surface area contributed by atoms with Gasteiger partial charge in [0.2, 0.25) is 5.91 Å². The third-order valence-corrected chi connectivity index (χ3v) is 5.71. The van der Waals surface area contributed by atoms with Crippen molar-refractivity contribution in [3.05, 3.63) is 90.3 Å². The van der Waals surface area contributed by atoms with Gasteiger partial charge in [0.05, 0.1) is 18.4 Å². The van der Waals surface area contributed by atoms with Gasteiger partial charge in [-0.1, -0.05) is 24.3 Å². The van der Waals surface area contributed by atoms with Gasteiger partial charge >= 0.3 is 6.18 Å². The molecule has 0 saturated heterocycles. The molecule has 192 valence electrons. The maximum absolute atomic E-state index is 13.0. The molecule has 0 aliphatic carbocycles. The van der Waals surface area contributed by atoms with E-state index in [4.69, 9.17) is 10.7 Å². The number of aromatic nitrogens is 4. The van der Waals surface area contributed by atoms with Crippen LogP contribution in [0.25, 0.3) is 22.6 Å². The summed E-state index contributed by atoms with van der Waals surface area (Å²) in [7, 11) is 0. The van der Waals surface area contributed by atoms with Gasteiger partial charge in [0.25, 0.3) is 0 Å². The molecule has 5 rings (SSSR count). The molecular formula is C27H22F3N7O. The lowest BCUT2D eigenvalue weighted by Gasteiger charge is -2.11. The summed E-state index contributed by atoms with van der Waals surface area (Å²) in [5.41, 5.74) is 9.49. The molecule has 0 spiro atoms. The van der Waals surface area contributed by atoms with E-state index in [1.807, 2.05) is 6.07 Å². The van der Waals surface area contributed by atoms with Crippen molar-refractivity contribution < 1.29 is 18.0 Å². The van der Waals surface area contributed by atoms with Crippen LogP contribution in [-0.2, 0) is 17.5 Å². The number of fused-ring (bicyclic) bond motifs is 1. The molecule has 0 radical (unpaired) electrons. The van der Waals surface area contributed by atoms with Gasteiger partial charge < -0.3 is 20.9 Å². The second-order valence-electron chi connectivity index (χ2n) is 8.64. The highest BCUT2D eigenvalue weighted by atomic mass is 19.4. The Kier molecular flexibility index (Phi) is 6.41. The molecule has 5 aromatic rings. The molecule has 38 heavy (non-hydrogen) atoms. The Morgan fingerprint density at radius 2 is 1.68 bits per heavy atom. The Morgan fingerprint density at radius 1 is 0.974 bits per heavy atom. The molecule has 3 aromatic carbocycles. The zero-order valence-corrected chi connectivity index (χ0v) is 20.1. The molecule has 11 heteroatoms. The van der Waals surface area contributed by atoms with Crippen LogP contribution in [0.2, 0.25) is 0 Å². The summed E-state index contributed by atoms with van der Waals surface area (Å²) in [5, 5.41) is 5.97. The number of nitrogens with zero attached hydrogens (tertiary/aromatic N) is 4. The van der Waals surface area contributed by atoms with Crippen molar-refractivity contribution in [2.45, 2.75) is 19.6 Å². The Bertz CT molecular complexity index is 1610. The summed E-state index contributed by atoms with van der Waals surface area (Å²) in [6.45, 7) is 1.69. The number of hydrogen-bond donors (Lipinski definition) is 3. The third-order valence-electron chi connectivity index (χ3n) is 5.71. The molecule has 1 amide bonds. The predicted molar refractivity (Wildman–Crippen MR) is 140 cm³/mol. The van der Waals surface area contributed by atoms with E-state index in [1.165, 1.54) is 19.1 Å². The first-order chi connectivity index (χ1) is 18.2. The number of rotatable bonds is 6. The Balaban J connectivity index is 1.54. The fourth-order valence-corrected chi connectivity index (χ4v) is 3.93. The van der Waals surface area contributed by atoms with E-state index in [0.717, 1.165) is 12.1 Å². The van der Waals surface area contributed by atoms with Gasteiger partial charge in [0, 0.05) is 29.5 Å². The topological polar surface area (TPSA) is 111 Å².